The average molecular weight is 327 g/mol. The summed E-state index contributed by atoms with van der Waals surface area (Å²) >= 11 is 6.16. The second kappa shape index (κ2) is 7.18. The highest BCUT2D eigenvalue weighted by Crippen LogP contribution is 2.32. The minimum atomic E-state index is -0.860. The highest BCUT2D eigenvalue weighted by Gasteiger charge is 2.34. The number of nitrogens with zero attached hydrogens (tertiary/aromatic N) is 2. The van der Waals surface area contributed by atoms with Gasteiger partial charge in [-0.05, 0) is 37.3 Å². The molecule has 122 valence electrons. The van der Waals surface area contributed by atoms with E-state index in [2.05, 4.69) is 18.8 Å². The fourth-order valence-corrected chi connectivity index (χ4v) is 3.12. The number of hydrogen-bond donors (Lipinski definition) is 1. The molecular formula is C16H23ClN2O3. The molecule has 6 heteroatoms. The first-order chi connectivity index (χ1) is 10.4. The maximum atomic E-state index is 11.1. The van der Waals surface area contributed by atoms with Crippen molar-refractivity contribution in [3.63, 3.8) is 0 Å². The first-order valence-corrected chi connectivity index (χ1v) is 8.02. The number of amides is 1. The van der Waals surface area contributed by atoms with Crippen LogP contribution in [0.15, 0.2) is 12.3 Å². The normalized spacial score (nSPS) is 19.5. The molecule has 0 aliphatic carbocycles. The van der Waals surface area contributed by atoms with Crippen molar-refractivity contribution in [2.75, 3.05) is 13.1 Å². The topological polar surface area (TPSA) is 62.7 Å². The van der Waals surface area contributed by atoms with Crippen molar-refractivity contribution in [3.8, 4) is 5.75 Å². The van der Waals surface area contributed by atoms with Crippen molar-refractivity contribution < 1.29 is 14.6 Å². The Hall–Kier alpha value is -1.49. The van der Waals surface area contributed by atoms with E-state index in [-0.39, 0.29) is 12.0 Å². The second-order valence-electron chi connectivity index (χ2n) is 6.31. The van der Waals surface area contributed by atoms with E-state index < -0.39 is 6.09 Å². The van der Waals surface area contributed by atoms with Gasteiger partial charge in [-0.15, -0.1) is 0 Å². The van der Waals surface area contributed by atoms with Gasteiger partial charge in [0, 0.05) is 25.2 Å². The Kier molecular flexibility index (Phi) is 5.51. The van der Waals surface area contributed by atoms with Gasteiger partial charge in [0.1, 0.15) is 6.10 Å². The van der Waals surface area contributed by atoms with Crippen LogP contribution >= 0.6 is 11.6 Å². The summed E-state index contributed by atoms with van der Waals surface area (Å²) in [6.45, 7) is 7.30. The predicted octanol–water partition coefficient (Wildman–Crippen LogP) is 3.84. The van der Waals surface area contributed by atoms with E-state index in [1.165, 1.54) is 4.90 Å². The van der Waals surface area contributed by atoms with Gasteiger partial charge in [-0.1, -0.05) is 25.4 Å². The van der Waals surface area contributed by atoms with Crippen molar-refractivity contribution in [2.45, 2.75) is 39.7 Å². The lowest BCUT2D eigenvalue weighted by atomic mass is 9.93. The van der Waals surface area contributed by atoms with Gasteiger partial charge in [-0.25, -0.2) is 9.78 Å². The average Bonchev–Trinajstić information content (AvgIpc) is 2.91. The van der Waals surface area contributed by atoms with Gasteiger partial charge >= 0.3 is 6.09 Å². The first kappa shape index (κ1) is 16.9. The molecule has 1 aliphatic heterocycles. The highest BCUT2D eigenvalue weighted by molar-refractivity contribution is 6.30. The summed E-state index contributed by atoms with van der Waals surface area (Å²) < 4.78 is 6.18. The third-order valence-electron chi connectivity index (χ3n) is 4.05. The summed E-state index contributed by atoms with van der Waals surface area (Å²) in [5.41, 5.74) is 0.946. The van der Waals surface area contributed by atoms with Crippen LogP contribution in [0.1, 0.15) is 32.3 Å². The van der Waals surface area contributed by atoms with Crippen molar-refractivity contribution in [1.82, 2.24) is 9.88 Å². The molecule has 2 rings (SSSR count). The maximum absolute atomic E-state index is 11.1. The van der Waals surface area contributed by atoms with Crippen LogP contribution in [0.25, 0.3) is 0 Å². The minimum Gasteiger partial charge on any atom is -0.487 e. The summed E-state index contributed by atoms with van der Waals surface area (Å²) in [7, 11) is 0. The van der Waals surface area contributed by atoms with E-state index in [1.807, 2.05) is 13.0 Å². The third-order valence-corrected chi connectivity index (χ3v) is 4.32. The SMILES string of the molecule is Cc1ccnc(Cl)c1OC(CC(C)C)C1CCN(C(=O)O)C1. The van der Waals surface area contributed by atoms with Gasteiger partial charge in [-0.3, -0.25) is 0 Å². The Bertz CT molecular complexity index is 516. The van der Waals surface area contributed by atoms with Crippen LogP contribution in [0, 0.1) is 18.8 Å². The molecule has 0 spiro atoms. The van der Waals surface area contributed by atoms with Gasteiger partial charge in [0.05, 0.1) is 0 Å². The number of hydrogen-bond acceptors (Lipinski definition) is 3. The van der Waals surface area contributed by atoms with Crippen LogP contribution in [0.3, 0.4) is 0 Å². The van der Waals surface area contributed by atoms with Gasteiger partial charge in [-0.2, -0.15) is 0 Å². The van der Waals surface area contributed by atoms with E-state index in [0.717, 1.165) is 18.4 Å². The summed E-state index contributed by atoms with van der Waals surface area (Å²) in [6, 6.07) is 1.87. The largest absolute Gasteiger partial charge is 0.487 e. The Morgan fingerprint density at radius 3 is 2.86 bits per heavy atom. The van der Waals surface area contributed by atoms with E-state index in [4.69, 9.17) is 21.4 Å². The molecule has 2 heterocycles. The van der Waals surface area contributed by atoms with Gasteiger partial charge in [0.25, 0.3) is 0 Å². The number of ether oxygens (including phenoxy) is 1. The van der Waals surface area contributed by atoms with Crippen LogP contribution < -0.4 is 4.74 Å². The molecule has 0 saturated carbocycles. The molecule has 5 nitrogen and oxygen atoms in total. The fraction of sp³-hybridized carbons (Fsp3) is 0.625. The summed E-state index contributed by atoms with van der Waals surface area (Å²) in [5, 5.41) is 9.49. The monoisotopic (exact) mass is 326 g/mol. The fourth-order valence-electron chi connectivity index (χ4n) is 2.87. The third kappa shape index (κ3) is 4.03. The van der Waals surface area contributed by atoms with E-state index in [0.29, 0.717) is 29.9 Å². The first-order valence-electron chi connectivity index (χ1n) is 7.64. The van der Waals surface area contributed by atoms with Gasteiger partial charge < -0.3 is 14.7 Å². The lowest BCUT2D eigenvalue weighted by Crippen LogP contribution is -2.33. The van der Waals surface area contributed by atoms with Crippen molar-refractivity contribution in [2.24, 2.45) is 11.8 Å². The van der Waals surface area contributed by atoms with Crippen LogP contribution in [0.5, 0.6) is 5.75 Å². The number of carbonyl (C=O) groups is 1. The van der Waals surface area contributed by atoms with Crippen molar-refractivity contribution >= 4 is 17.7 Å². The molecular weight excluding hydrogens is 304 g/mol. The standard InChI is InChI=1S/C16H23ClN2O3/c1-10(2)8-13(12-5-7-19(9-12)16(20)21)22-14-11(3)4-6-18-15(14)17/h4,6,10,12-13H,5,7-9H2,1-3H3,(H,20,21). The Morgan fingerprint density at radius 2 is 2.32 bits per heavy atom. The molecule has 1 aromatic heterocycles. The number of rotatable bonds is 5. The Balaban J connectivity index is 2.15. The zero-order valence-corrected chi connectivity index (χ0v) is 14.0. The summed E-state index contributed by atoms with van der Waals surface area (Å²) in [6.07, 6.45) is 2.43. The predicted molar refractivity (Wildman–Crippen MR) is 85.6 cm³/mol. The number of carboxylic acid groups (broad SMARTS) is 1. The van der Waals surface area contributed by atoms with E-state index >= 15 is 0 Å². The number of likely N-dealkylation sites (tertiary alicyclic amines) is 1. The zero-order chi connectivity index (χ0) is 16.3. The number of aromatic nitrogens is 1. The zero-order valence-electron chi connectivity index (χ0n) is 13.3. The number of pyridine rings is 1. The second-order valence-corrected chi connectivity index (χ2v) is 6.67. The molecule has 1 aliphatic rings. The maximum Gasteiger partial charge on any atom is 0.407 e. The van der Waals surface area contributed by atoms with Crippen LogP contribution in [-0.4, -0.2) is 40.3 Å². The van der Waals surface area contributed by atoms with Gasteiger partial charge in [0.2, 0.25) is 0 Å². The lowest BCUT2D eigenvalue weighted by molar-refractivity contribution is 0.108. The van der Waals surface area contributed by atoms with Crippen LogP contribution in [-0.2, 0) is 0 Å². The summed E-state index contributed by atoms with van der Waals surface area (Å²) in [4.78, 5) is 16.6. The molecule has 0 bridgehead atoms. The Morgan fingerprint density at radius 1 is 1.59 bits per heavy atom. The van der Waals surface area contributed by atoms with Crippen LogP contribution in [0.4, 0.5) is 4.79 Å². The summed E-state index contributed by atoms with van der Waals surface area (Å²) in [5.74, 6) is 1.26. The minimum absolute atomic E-state index is 0.0512. The lowest BCUT2D eigenvalue weighted by Gasteiger charge is -2.27. The molecule has 1 saturated heterocycles. The number of halogens is 1. The molecule has 2 unspecified atom stereocenters. The quantitative estimate of drug-likeness (QED) is 0.835. The van der Waals surface area contributed by atoms with E-state index in [1.54, 1.807) is 6.20 Å². The van der Waals surface area contributed by atoms with E-state index in [9.17, 15) is 4.79 Å². The van der Waals surface area contributed by atoms with Gasteiger partial charge in [0.15, 0.2) is 10.9 Å². The highest BCUT2D eigenvalue weighted by atomic mass is 35.5. The Labute approximate surface area is 136 Å². The molecule has 1 aromatic rings. The molecule has 0 aromatic carbocycles. The molecule has 2 atom stereocenters. The smallest absolute Gasteiger partial charge is 0.407 e. The van der Waals surface area contributed by atoms with Crippen molar-refractivity contribution in [3.05, 3.63) is 23.0 Å². The molecule has 1 amide bonds. The molecule has 1 N–H and O–H groups in total. The molecule has 0 radical (unpaired) electrons. The molecule has 1 fully saturated rings. The molecule has 22 heavy (non-hydrogen) atoms. The van der Waals surface area contributed by atoms with Crippen LogP contribution in [0.2, 0.25) is 5.15 Å². The number of aryl methyl sites for hydroxylation is 1. The van der Waals surface area contributed by atoms with Crippen molar-refractivity contribution in [1.29, 1.82) is 0 Å².